The fraction of sp³-hybridized carbons (Fsp3) is 0.769. The van der Waals surface area contributed by atoms with Gasteiger partial charge in [0, 0.05) is 24.9 Å². The molecule has 1 unspecified atom stereocenters. The number of nitrogens with two attached hydrogens (primary N) is 1. The van der Waals surface area contributed by atoms with E-state index in [4.69, 9.17) is 10.8 Å². The van der Waals surface area contributed by atoms with Crippen LogP contribution in [0.5, 0.6) is 0 Å². The van der Waals surface area contributed by atoms with Gasteiger partial charge in [0.05, 0.1) is 0 Å². The van der Waals surface area contributed by atoms with Crippen LogP contribution in [0.4, 0.5) is 4.79 Å². The van der Waals surface area contributed by atoms with Gasteiger partial charge in [-0.3, -0.25) is 9.59 Å². The summed E-state index contributed by atoms with van der Waals surface area (Å²) in [5, 5.41) is 13.9. The van der Waals surface area contributed by atoms with Gasteiger partial charge in [-0.1, -0.05) is 6.92 Å². The molecule has 0 saturated heterocycles. The van der Waals surface area contributed by atoms with E-state index >= 15 is 0 Å². The Morgan fingerprint density at radius 3 is 2.35 bits per heavy atom. The van der Waals surface area contributed by atoms with Crippen molar-refractivity contribution in [2.45, 2.75) is 52.0 Å². The lowest BCUT2D eigenvalue weighted by molar-refractivity contribution is -0.137. The molecule has 3 amide bonds. The van der Waals surface area contributed by atoms with Crippen molar-refractivity contribution in [3.63, 3.8) is 0 Å². The maximum absolute atomic E-state index is 11.6. The fourth-order valence-corrected chi connectivity index (χ4v) is 1.78. The molecule has 7 nitrogen and oxygen atoms in total. The SMILES string of the molecule is CC(CCNC(=O)NC(C)(C)CC(N)=O)CCC(=O)O. The average Bonchev–Trinajstić information content (AvgIpc) is 2.23. The van der Waals surface area contributed by atoms with Crippen LogP contribution in [0.2, 0.25) is 0 Å². The summed E-state index contributed by atoms with van der Waals surface area (Å²) in [6.07, 6.45) is 1.50. The molecule has 0 aromatic heterocycles. The van der Waals surface area contributed by atoms with Gasteiger partial charge in [-0.15, -0.1) is 0 Å². The largest absolute Gasteiger partial charge is 0.481 e. The quantitative estimate of drug-likeness (QED) is 0.501. The van der Waals surface area contributed by atoms with E-state index in [-0.39, 0.29) is 24.8 Å². The lowest BCUT2D eigenvalue weighted by atomic mass is 10.0. The van der Waals surface area contributed by atoms with Crippen LogP contribution in [-0.4, -0.2) is 35.1 Å². The summed E-state index contributed by atoms with van der Waals surface area (Å²) in [6.45, 7) is 5.83. The van der Waals surface area contributed by atoms with Crippen LogP contribution in [0.25, 0.3) is 0 Å². The number of carbonyl (C=O) groups excluding carboxylic acids is 2. The Bertz CT molecular complexity index is 356. The van der Waals surface area contributed by atoms with Crippen LogP contribution in [0.1, 0.15) is 46.5 Å². The van der Waals surface area contributed by atoms with E-state index in [1.54, 1.807) is 13.8 Å². The molecule has 0 heterocycles. The Kier molecular flexibility index (Phi) is 7.64. The van der Waals surface area contributed by atoms with Gasteiger partial charge in [0.1, 0.15) is 0 Å². The second-order valence-electron chi connectivity index (χ2n) is 5.73. The molecule has 0 saturated carbocycles. The van der Waals surface area contributed by atoms with Crippen molar-refractivity contribution in [3.05, 3.63) is 0 Å². The highest BCUT2D eigenvalue weighted by atomic mass is 16.4. The smallest absolute Gasteiger partial charge is 0.315 e. The molecule has 20 heavy (non-hydrogen) atoms. The first-order valence-electron chi connectivity index (χ1n) is 6.68. The fourth-order valence-electron chi connectivity index (χ4n) is 1.78. The number of carbonyl (C=O) groups is 3. The second kappa shape index (κ2) is 8.39. The van der Waals surface area contributed by atoms with E-state index in [9.17, 15) is 14.4 Å². The molecule has 7 heteroatoms. The minimum Gasteiger partial charge on any atom is -0.481 e. The molecule has 0 fully saturated rings. The van der Waals surface area contributed by atoms with Crippen molar-refractivity contribution in [1.29, 1.82) is 0 Å². The van der Waals surface area contributed by atoms with Crippen LogP contribution in [0, 0.1) is 5.92 Å². The minimum absolute atomic E-state index is 0.0649. The van der Waals surface area contributed by atoms with E-state index in [1.807, 2.05) is 6.92 Å². The second-order valence-corrected chi connectivity index (χ2v) is 5.73. The zero-order chi connectivity index (χ0) is 15.8. The van der Waals surface area contributed by atoms with Crippen LogP contribution < -0.4 is 16.4 Å². The average molecular weight is 287 g/mol. The molecule has 0 radical (unpaired) electrons. The Labute approximate surface area is 119 Å². The Morgan fingerprint density at radius 2 is 1.85 bits per heavy atom. The van der Waals surface area contributed by atoms with Crippen molar-refractivity contribution in [3.8, 4) is 0 Å². The zero-order valence-electron chi connectivity index (χ0n) is 12.4. The summed E-state index contributed by atoms with van der Waals surface area (Å²) >= 11 is 0. The molecular formula is C13H25N3O4. The van der Waals surface area contributed by atoms with E-state index in [0.29, 0.717) is 19.4 Å². The number of urea groups is 1. The molecule has 0 aliphatic rings. The highest BCUT2D eigenvalue weighted by Gasteiger charge is 2.22. The lowest BCUT2D eigenvalue weighted by Gasteiger charge is -2.25. The van der Waals surface area contributed by atoms with Gasteiger partial charge >= 0.3 is 12.0 Å². The van der Waals surface area contributed by atoms with E-state index < -0.39 is 17.4 Å². The molecule has 0 bridgehead atoms. The van der Waals surface area contributed by atoms with Gasteiger partial charge in [-0.05, 0) is 32.6 Å². The topological polar surface area (TPSA) is 122 Å². The first-order valence-corrected chi connectivity index (χ1v) is 6.68. The number of aliphatic carboxylic acids is 1. The van der Waals surface area contributed by atoms with Gasteiger partial charge in [0.25, 0.3) is 0 Å². The molecule has 0 spiro atoms. The third-order valence-corrected chi connectivity index (χ3v) is 2.84. The normalized spacial score (nSPS) is 12.6. The van der Waals surface area contributed by atoms with Crippen molar-refractivity contribution < 1.29 is 19.5 Å². The van der Waals surface area contributed by atoms with Crippen molar-refractivity contribution in [2.75, 3.05) is 6.54 Å². The zero-order valence-corrected chi connectivity index (χ0v) is 12.4. The van der Waals surface area contributed by atoms with Gasteiger partial charge in [-0.25, -0.2) is 4.79 Å². The predicted molar refractivity (Wildman–Crippen MR) is 75.1 cm³/mol. The maximum atomic E-state index is 11.6. The highest BCUT2D eigenvalue weighted by molar-refractivity contribution is 5.78. The molecule has 0 rings (SSSR count). The number of nitrogens with one attached hydrogen (secondary N) is 2. The van der Waals surface area contributed by atoms with E-state index in [2.05, 4.69) is 10.6 Å². The Hall–Kier alpha value is -1.79. The van der Waals surface area contributed by atoms with E-state index in [1.165, 1.54) is 0 Å². The predicted octanol–water partition coefficient (Wildman–Crippen LogP) is 0.831. The number of hydrogen-bond acceptors (Lipinski definition) is 3. The summed E-state index contributed by atoms with van der Waals surface area (Å²) in [5.74, 6) is -1.06. The van der Waals surface area contributed by atoms with Gasteiger partial charge in [0.2, 0.25) is 5.91 Å². The molecule has 0 aromatic rings. The number of amides is 3. The number of primary amides is 1. The van der Waals surface area contributed by atoms with Gasteiger partial charge < -0.3 is 21.5 Å². The molecule has 0 aromatic carbocycles. The highest BCUT2D eigenvalue weighted by Crippen LogP contribution is 2.09. The van der Waals surface area contributed by atoms with Crippen molar-refractivity contribution >= 4 is 17.9 Å². The maximum Gasteiger partial charge on any atom is 0.315 e. The monoisotopic (exact) mass is 287 g/mol. The molecule has 0 aliphatic carbocycles. The minimum atomic E-state index is -0.809. The van der Waals surface area contributed by atoms with Crippen LogP contribution in [0.3, 0.4) is 0 Å². The summed E-state index contributed by atoms with van der Waals surface area (Å²) in [5.41, 5.74) is 4.40. The van der Waals surface area contributed by atoms with Crippen LogP contribution >= 0.6 is 0 Å². The first-order chi connectivity index (χ1) is 9.12. The standard InChI is InChI=1S/C13H25N3O4/c1-9(4-5-11(18)19)6-7-15-12(20)16-13(2,3)8-10(14)17/h9H,4-8H2,1-3H3,(H2,14,17)(H,18,19)(H2,15,16,20). The Morgan fingerprint density at radius 1 is 1.25 bits per heavy atom. The number of rotatable bonds is 9. The summed E-state index contributed by atoms with van der Waals surface area (Å²) < 4.78 is 0. The molecule has 1 atom stereocenters. The first kappa shape index (κ1) is 18.2. The van der Waals surface area contributed by atoms with Crippen LogP contribution in [0.15, 0.2) is 0 Å². The Balaban J connectivity index is 3.88. The summed E-state index contributed by atoms with van der Waals surface area (Å²) in [4.78, 5) is 32.9. The van der Waals surface area contributed by atoms with Crippen molar-refractivity contribution in [2.24, 2.45) is 11.7 Å². The molecule has 0 aliphatic heterocycles. The van der Waals surface area contributed by atoms with Gasteiger partial charge in [0.15, 0.2) is 0 Å². The van der Waals surface area contributed by atoms with Gasteiger partial charge in [-0.2, -0.15) is 0 Å². The summed E-state index contributed by atoms with van der Waals surface area (Å²) in [6, 6.07) is -0.360. The molecule has 5 N–H and O–H groups in total. The number of carboxylic acid groups (broad SMARTS) is 1. The third-order valence-electron chi connectivity index (χ3n) is 2.84. The third kappa shape index (κ3) is 10.2. The van der Waals surface area contributed by atoms with E-state index in [0.717, 1.165) is 0 Å². The number of carboxylic acids is 1. The summed E-state index contributed by atoms with van der Waals surface area (Å²) in [7, 11) is 0. The van der Waals surface area contributed by atoms with Crippen LogP contribution in [-0.2, 0) is 9.59 Å². The van der Waals surface area contributed by atoms with Crippen molar-refractivity contribution in [1.82, 2.24) is 10.6 Å². The lowest BCUT2D eigenvalue weighted by Crippen LogP contribution is -2.50. The molecule has 116 valence electrons. The number of hydrogen-bond donors (Lipinski definition) is 4. The molecular weight excluding hydrogens is 262 g/mol.